The van der Waals surface area contributed by atoms with Crippen LogP contribution < -0.4 is 21.1 Å². The first-order valence-electron chi connectivity index (χ1n) is 7.82. The number of hydrogen-bond donors (Lipinski definition) is 2. The van der Waals surface area contributed by atoms with Crippen molar-refractivity contribution in [3.63, 3.8) is 0 Å². The Morgan fingerprint density at radius 3 is 1.61 bits per heavy atom. The molecule has 0 atom stereocenters. The zero-order chi connectivity index (χ0) is 19.7. The highest BCUT2D eigenvalue weighted by Crippen LogP contribution is 2.14. The largest absolute Gasteiger partial charge is 0.382 e. The molecule has 4 aromatic rings. The van der Waals surface area contributed by atoms with E-state index in [9.17, 15) is 9.59 Å². The summed E-state index contributed by atoms with van der Waals surface area (Å²) in [6.07, 6.45) is 4.40. The highest BCUT2D eigenvalue weighted by atomic mass is 16.7. The number of carbonyl (C=O) groups excluding carboxylic acids is 2. The highest BCUT2D eigenvalue weighted by molar-refractivity contribution is 5.83. The van der Waals surface area contributed by atoms with Crippen LogP contribution in [0.3, 0.4) is 0 Å². The fourth-order valence-corrected chi connectivity index (χ4v) is 2.31. The van der Waals surface area contributed by atoms with Crippen molar-refractivity contribution in [2.45, 2.75) is 12.8 Å². The SMILES string of the molecule is Nc1ncnc2c1ncn2OC(=O)CCC(=O)On1cnc2c(N)ncnc21. The smallest absolute Gasteiger partial charge is 0.333 e. The lowest BCUT2D eigenvalue weighted by Crippen LogP contribution is -2.23. The molecule has 0 spiro atoms. The Bertz CT molecular complexity index is 1110. The monoisotopic (exact) mass is 384 g/mol. The molecule has 28 heavy (non-hydrogen) atoms. The summed E-state index contributed by atoms with van der Waals surface area (Å²) in [7, 11) is 0. The molecule has 0 amide bonds. The van der Waals surface area contributed by atoms with Gasteiger partial charge in [0.25, 0.3) is 0 Å². The van der Waals surface area contributed by atoms with E-state index < -0.39 is 11.9 Å². The van der Waals surface area contributed by atoms with Gasteiger partial charge in [0.1, 0.15) is 25.3 Å². The van der Waals surface area contributed by atoms with E-state index in [0.29, 0.717) is 11.0 Å². The van der Waals surface area contributed by atoms with Crippen molar-refractivity contribution >= 4 is 45.9 Å². The second-order valence-electron chi connectivity index (χ2n) is 5.43. The molecule has 4 aromatic heterocycles. The fourth-order valence-electron chi connectivity index (χ4n) is 2.31. The summed E-state index contributed by atoms with van der Waals surface area (Å²) < 4.78 is 2.09. The van der Waals surface area contributed by atoms with Crippen molar-refractivity contribution in [1.82, 2.24) is 39.4 Å². The molecule has 0 radical (unpaired) electrons. The van der Waals surface area contributed by atoms with E-state index in [2.05, 4.69) is 29.9 Å². The summed E-state index contributed by atoms with van der Waals surface area (Å²) >= 11 is 0. The van der Waals surface area contributed by atoms with Crippen molar-refractivity contribution in [1.29, 1.82) is 0 Å². The Hall–Kier alpha value is -4.36. The Morgan fingerprint density at radius 1 is 0.750 bits per heavy atom. The molecule has 4 heterocycles. The number of fused-ring (bicyclic) bond motifs is 2. The van der Waals surface area contributed by atoms with Crippen LogP contribution >= 0.6 is 0 Å². The molecule has 0 aliphatic carbocycles. The molecular formula is C14H12N10O4. The summed E-state index contributed by atoms with van der Waals surface area (Å²) in [5.74, 6) is -1.09. The van der Waals surface area contributed by atoms with Gasteiger partial charge in [0.05, 0.1) is 12.8 Å². The van der Waals surface area contributed by atoms with E-state index in [1.54, 1.807) is 0 Å². The van der Waals surface area contributed by atoms with Crippen LogP contribution in [0.2, 0.25) is 0 Å². The molecular weight excluding hydrogens is 372 g/mol. The lowest BCUT2D eigenvalue weighted by atomic mass is 10.3. The summed E-state index contributed by atoms with van der Waals surface area (Å²) in [5, 5.41) is 0. The molecule has 0 aromatic carbocycles. The van der Waals surface area contributed by atoms with Crippen molar-refractivity contribution < 1.29 is 19.3 Å². The number of nitrogens with zero attached hydrogens (tertiary/aromatic N) is 8. The topological polar surface area (TPSA) is 192 Å². The van der Waals surface area contributed by atoms with Gasteiger partial charge in [-0.15, -0.1) is 9.46 Å². The van der Waals surface area contributed by atoms with Gasteiger partial charge in [-0.3, -0.25) is 0 Å². The third kappa shape index (κ3) is 3.09. The maximum absolute atomic E-state index is 12.0. The van der Waals surface area contributed by atoms with Crippen LogP contribution in [0.1, 0.15) is 12.8 Å². The van der Waals surface area contributed by atoms with Crippen LogP contribution in [0.25, 0.3) is 22.3 Å². The molecule has 0 saturated carbocycles. The number of nitrogens with two attached hydrogens (primary N) is 2. The van der Waals surface area contributed by atoms with Crippen molar-refractivity contribution in [3.05, 3.63) is 25.3 Å². The van der Waals surface area contributed by atoms with Crippen LogP contribution in [0.15, 0.2) is 25.3 Å². The van der Waals surface area contributed by atoms with Gasteiger partial charge in [-0.2, -0.15) is 0 Å². The lowest BCUT2D eigenvalue weighted by Gasteiger charge is -2.06. The number of anilines is 2. The molecule has 14 nitrogen and oxygen atoms in total. The molecule has 0 fully saturated rings. The third-order valence-corrected chi connectivity index (χ3v) is 3.60. The molecule has 0 saturated heterocycles. The van der Waals surface area contributed by atoms with Crippen LogP contribution in [0.4, 0.5) is 11.6 Å². The van der Waals surface area contributed by atoms with Gasteiger partial charge < -0.3 is 21.1 Å². The second-order valence-corrected chi connectivity index (χ2v) is 5.43. The lowest BCUT2D eigenvalue weighted by molar-refractivity contribution is -0.150. The number of imidazole rings is 2. The van der Waals surface area contributed by atoms with E-state index in [0.717, 1.165) is 9.46 Å². The minimum absolute atomic E-state index is 0.153. The van der Waals surface area contributed by atoms with Gasteiger partial charge in [0.2, 0.25) is 11.3 Å². The highest BCUT2D eigenvalue weighted by Gasteiger charge is 2.16. The first-order valence-corrected chi connectivity index (χ1v) is 7.82. The minimum Gasteiger partial charge on any atom is -0.382 e. The van der Waals surface area contributed by atoms with E-state index in [1.807, 2.05) is 0 Å². The van der Waals surface area contributed by atoms with Crippen molar-refractivity contribution in [2.24, 2.45) is 0 Å². The molecule has 14 heteroatoms. The zero-order valence-electron chi connectivity index (χ0n) is 14.1. The van der Waals surface area contributed by atoms with Gasteiger partial charge in [0.15, 0.2) is 22.7 Å². The van der Waals surface area contributed by atoms with Gasteiger partial charge in [-0.1, -0.05) is 0 Å². The molecule has 4 N–H and O–H groups in total. The summed E-state index contributed by atoms with van der Waals surface area (Å²) in [4.78, 5) is 57.6. The number of nitrogen functional groups attached to an aromatic ring is 2. The van der Waals surface area contributed by atoms with E-state index in [-0.39, 0.29) is 35.8 Å². The van der Waals surface area contributed by atoms with Crippen molar-refractivity contribution in [3.8, 4) is 0 Å². The van der Waals surface area contributed by atoms with Gasteiger partial charge in [0, 0.05) is 0 Å². The predicted octanol–water partition coefficient (Wildman–Crippen LogP) is -1.48. The first kappa shape index (κ1) is 17.1. The normalized spacial score (nSPS) is 11.0. The Labute approximate surface area is 155 Å². The molecule has 0 aliphatic rings. The Kier molecular flexibility index (Phi) is 4.11. The van der Waals surface area contributed by atoms with Gasteiger partial charge in [-0.25, -0.2) is 39.5 Å². The molecule has 142 valence electrons. The van der Waals surface area contributed by atoms with Crippen LogP contribution in [-0.2, 0) is 9.59 Å². The van der Waals surface area contributed by atoms with E-state index in [4.69, 9.17) is 21.1 Å². The van der Waals surface area contributed by atoms with Crippen molar-refractivity contribution in [2.75, 3.05) is 11.5 Å². The van der Waals surface area contributed by atoms with E-state index >= 15 is 0 Å². The third-order valence-electron chi connectivity index (χ3n) is 3.60. The maximum Gasteiger partial charge on any atom is 0.333 e. The molecule has 4 rings (SSSR count). The predicted molar refractivity (Wildman–Crippen MR) is 91.9 cm³/mol. The molecule has 0 aliphatic heterocycles. The summed E-state index contributed by atoms with van der Waals surface area (Å²) in [5.41, 5.74) is 12.4. The quantitative estimate of drug-likeness (QED) is 0.406. The standard InChI is InChI=1S/C14H12N10O4/c15-11-9-13(19-3-17-11)23(5-21-9)27-7(25)1-2-8(26)28-24-6-22-10-12(16)18-4-20-14(10)24/h3-6H,1-2H2,(H2,15,17,19)(H2,16,18,20). The molecule has 0 unspecified atom stereocenters. The second kappa shape index (κ2) is 6.75. The Morgan fingerprint density at radius 2 is 1.18 bits per heavy atom. The van der Waals surface area contributed by atoms with Crippen LogP contribution in [0.5, 0.6) is 0 Å². The average molecular weight is 384 g/mol. The zero-order valence-corrected chi connectivity index (χ0v) is 14.1. The van der Waals surface area contributed by atoms with Gasteiger partial charge >= 0.3 is 11.9 Å². The number of rotatable bonds is 5. The number of carbonyl (C=O) groups is 2. The Balaban J connectivity index is 1.37. The summed E-state index contributed by atoms with van der Waals surface area (Å²) in [6, 6.07) is 0. The fraction of sp³-hybridized carbons (Fsp3) is 0.143. The number of aromatic nitrogens is 8. The van der Waals surface area contributed by atoms with E-state index in [1.165, 1.54) is 25.3 Å². The summed E-state index contributed by atoms with van der Waals surface area (Å²) in [6.45, 7) is 0. The number of hydrogen-bond acceptors (Lipinski definition) is 12. The average Bonchev–Trinajstić information content (AvgIpc) is 3.27. The van der Waals surface area contributed by atoms with Crippen LogP contribution in [0, 0.1) is 0 Å². The van der Waals surface area contributed by atoms with Crippen LogP contribution in [-0.4, -0.2) is 51.3 Å². The minimum atomic E-state index is -0.699. The first-order chi connectivity index (χ1) is 13.5. The van der Waals surface area contributed by atoms with Gasteiger partial charge in [-0.05, 0) is 0 Å². The molecule has 0 bridgehead atoms. The maximum atomic E-state index is 12.0.